The zero-order valence-corrected chi connectivity index (χ0v) is 9.16. The van der Waals surface area contributed by atoms with Gasteiger partial charge in [0.1, 0.15) is 6.04 Å². The van der Waals surface area contributed by atoms with Crippen LogP contribution in [0.1, 0.15) is 13.3 Å². The maximum atomic E-state index is 11.3. The Labute approximate surface area is 92.6 Å². The van der Waals surface area contributed by atoms with Crippen LogP contribution in [-0.4, -0.2) is 34.7 Å². The van der Waals surface area contributed by atoms with Gasteiger partial charge in [0.15, 0.2) is 0 Å². The zero-order valence-electron chi connectivity index (χ0n) is 8.27. The Balaban J connectivity index is 4.35. The first-order valence-electron chi connectivity index (χ1n) is 4.30. The van der Waals surface area contributed by atoms with Crippen LogP contribution in [0.5, 0.6) is 0 Å². The van der Waals surface area contributed by atoms with Crippen molar-refractivity contribution in [2.75, 3.05) is 5.75 Å². The Bertz CT molecular complexity index is 269. The molecule has 0 saturated carbocycles. The third-order valence-corrected chi connectivity index (χ3v) is 2.29. The summed E-state index contributed by atoms with van der Waals surface area (Å²) in [7, 11) is 0. The molecular weight excluding hydrogens is 220 g/mol. The van der Waals surface area contributed by atoms with Gasteiger partial charge in [0.25, 0.3) is 0 Å². The maximum Gasteiger partial charge on any atom is 0.326 e. The summed E-state index contributed by atoms with van der Waals surface area (Å²) in [5.74, 6) is -2.63. The topological polar surface area (TPSA) is 109 Å². The van der Waals surface area contributed by atoms with E-state index >= 15 is 0 Å². The maximum absolute atomic E-state index is 11.3. The number of amides is 2. The van der Waals surface area contributed by atoms with Crippen molar-refractivity contribution in [3.05, 3.63) is 0 Å². The Hall–Kier alpha value is -1.24. The summed E-state index contributed by atoms with van der Waals surface area (Å²) in [4.78, 5) is 32.5. The summed E-state index contributed by atoms with van der Waals surface area (Å²) in [6.45, 7) is 1.60. The smallest absolute Gasteiger partial charge is 0.326 e. The van der Waals surface area contributed by atoms with E-state index in [1.807, 2.05) is 0 Å². The van der Waals surface area contributed by atoms with E-state index < -0.39 is 36.2 Å². The Morgan fingerprint density at radius 1 is 1.47 bits per heavy atom. The minimum absolute atomic E-state index is 0.300. The number of carboxylic acids is 1. The molecule has 2 amide bonds. The molecule has 0 rings (SSSR count). The molecule has 15 heavy (non-hydrogen) atoms. The van der Waals surface area contributed by atoms with Crippen LogP contribution < -0.4 is 11.1 Å². The minimum atomic E-state index is -1.28. The molecule has 0 aromatic carbocycles. The molecule has 7 heteroatoms. The van der Waals surface area contributed by atoms with Crippen molar-refractivity contribution in [1.82, 2.24) is 5.32 Å². The largest absolute Gasteiger partial charge is 0.480 e. The number of hydrogen-bond acceptors (Lipinski definition) is 4. The fourth-order valence-electron chi connectivity index (χ4n) is 0.798. The highest BCUT2D eigenvalue weighted by Gasteiger charge is 2.23. The predicted molar refractivity (Wildman–Crippen MR) is 56.4 cm³/mol. The van der Waals surface area contributed by atoms with Gasteiger partial charge in [0, 0.05) is 11.7 Å². The highest BCUT2D eigenvalue weighted by molar-refractivity contribution is 7.80. The van der Waals surface area contributed by atoms with Gasteiger partial charge in [-0.1, -0.05) is 6.92 Å². The summed E-state index contributed by atoms with van der Waals surface area (Å²) in [6, 6.07) is -1.27. The Morgan fingerprint density at radius 3 is 2.33 bits per heavy atom. The van der Waals surface area contributed by atoms with E-state index in [9.17, 15) is 14.4 Å². The van der Waals surface area contributed by atoms with E-state index in [1.54, 1.807) is 6.92 Å². The average molecular weight is 234 g/mol. The molecule has 6 nitrogen and oxygen atoms in total. The second-order valence-electron chi connectivity index (χ2n) is 3.15. The molecule has 0 aliphatic rings. The number of nitrogens with one attached hydrogen (secondary N) is 1. The van der Waals surface area contributed by atoms with Crippen molar-refractivity contribution in [3.8, 4) is 0 Å². The lowest BCUT2D eigenvalue weighted by Crippen LogP contribution is -2.45. The molecule has 0 fully saturated rings. The van der Waals surface area contributed by atoms with E-state index in [1.165, 1.54) is 0 Å². The number of aliphatic carboxylic acids is 1. The zero-order chi connectivity index (χ0) is 12.0. The standard InChI is InChI=1S/C8H14N2O4S/c1-4(3-15)7(12)10-5(8(13)14)2-6(9)11/h4-5,15H,2-3H2,1H3,(H2,9,11)(H,10,12)(H,13,14)/t4?,5-/m0/s1. The Morgan fingerprint density at radius 2 is 2.00 bits per heavy atom. The van der Waals surface area contributed by atoms with Gasteiger partial charge in [-0.25, -0.2) is 4.79 Å². The minimum Gasteiger partial charge on any atom is -0.480 e. The highest BCUT2D eigenvalue weighted by Crippen LogP contribution is 2.00. The quantitative estimate of drug-likeness (QED) is 0.442. The van der Waals surface area contributed by atoms with Crippen LogP contribution in [0.25, 0.3) is 0 Å². The molecule has 0 saturated heterocycles. The molecule has 0 bridgehead atoms. The van der Waals surface area contributed by atoms with Crippen LogP contribution in [0.3, 0.4) is 0 Å². The van der Waals surface area contributed by atoms with Gasteiger partial charge >= 0.3 is 5.97 Å². The number of carboxylic acid groups (broad SMARTS) is 1. The number of carbonyl (C=O) groups is 3. The number of primary amides is 1. The van der Waals surface area contributed by atoms with Crippen molar-refractivity contribution < 1.29 is 19.5 Å². The van der Waals surface area contributed by atoms with Gasteiger partial charge in [0.2, 0.25) is 11.8 Å². The molecule has 1 unspecified atom stereocenters. The number of carbonyl (C=O) groups excluding carboxylic acids is 2. The van der Waals surface area contributed by atoms with Crippen LogP contribution >= 0.6 is 12.6 Å². The van der Waals surface area contributed by atoms with E-state index in [0.717, 1.165) is 0 Å². The number of thiol groups is 1. The summed E-state index contributed by atoms with van der Waals surface area (Å²) in [5.41, 5.74) is 4.85. The fourth-order valence-corrected chi connectivity index (χ4v) is 0.964. The van der Waals surface area contributed by atoms with Gasteiger partial charge < -0.3 is 16.2 Å². The molecule has 0 spiro atoms. The fraction of sp³-hybridized carbons (Fsp3) is 0.625. The second-order valence-corrected chi connectivity index (χ2v) is 3.52. The molecule has 0 heterocycles. The van der Waals surface area contributed by atoms with Crippen molar-refractivity contribution in [2.45, 2.75) is 19.4 Å². The third-order valence-electron chi connectivity index (χ3n) is 1.74. The molecule has 0 aliphatic heterocycles. The summed E-state index contributed by atoms with van der Waals surface area (Å²) in [5, 5.41) is 10.9. The van der Waals surface area contributed by atoms with E-state index in [-0.39, 0.29) is 0 Å². The molecule has 86 valence electrons. The lowest BCUT2D eigenvalue weighted by molar-refractivity contribution is -0.143. The van der Waals surface area contributed by atoms with Gasteiger partial charge in [-0.05, 0) is 0 Å². The van der Waals surface area contributed by atoms with Gasteiger partial charge in [0.05, 0.1) is 6.42 Å². The number of rotatable bonds is 6. The van der Waals surface area contributed by atoms with Gasteiger partial charge in [-0.15, -0.1) is 0 Å². The SMILES string of the molecule is CC(CS)C(=O)N[C@@H](CC(N)=O)C(=O)O. The average Bonchev–Trinajstić information content (AvgIpc) is 2.14. The van der Waals surface area contributed by atoms with Crippen LogP contribution in [0.2, 0.25) is 0 Å². The van der Waals surface area contributed by atoms with Crippen molar-refractivity contribution in [2.24, 2.45) is 11.7 Å². The molecule has 4 N–H and O–H groups in total. The molecule has 0 aromatic heterocycles. The molecule has 0 aliphatic carbocycles. The van der Waals surface area contributed by atoms with Crippen LogP contribution in [0.15, 0.2) is 0 Å². The summed E-state index contributed by atoms with van der Waals surface area (Å²) < 4.78 is 0. The van der Waals surface area contributed by atoms with Crippen molar-refractivity contribution in [1.29, 1.82) is 0 Å². The molecule has 2 atom stereocenters. The first-order chi connectivity index (χ1) is 6.88. The van der Waals surface area contributed by atoms with Crippen LogP contribution in [-0.2, 0) is 14.4 Å². The number of nitrogens with two attached hydrogens (primary N) is 1. The lowest BCUT2D eigenvalue weighted by atomic mass is 10.1. The number of hydrogen-bond donors (Lipinski definition) is 4. The summed E-state index contributed by atoms with van der Waals surface area (Å²) >= 11 is 3.90. The normalized spacial score (nSPS) is 14.0. The van der Waals surface area contributed by atoms with Gasteiger partial charge in [-0.2, -0.15) is 12.6 Å². The third kappa shape index (κ3) is 5.26. The van der Waals surface area contributed by atoms with Gasteiger partial charge in [-0.3, -0.25) is 9.59 Å². The molecule has 0 aromatic rings. The molecule has 0 radical (unpaired) electrons. The first-order valence-corrected chi connectivity index (χ1v) is 4.94. The van der Waals surface area contributed by atoms with Crippen molar-refractivity contribution >= 4 is 30.4 Å². The van der Waals surface area contributed by atoms with E-state index in [4.69, 9.17) is 10.8 Å². The van der Waals surface area contributed by atoms with E-state index in [2.05, 4.69) is 17.9 Å². The van der Waals surface area contributed by atoms with Crippen LogP contribution in [0.4, 0.5) is 0 Å². The highest BCUT2D eigenvalue weighted by atomic mass is 32.1. The van der Waals surface area contributed by atoms with Crippen LogP contribution in [0, 0.1) is 5.92 Å². The first kappa shape index (κ1) is 13.8. The summed E-state index contributed by atoms with van der Waals surface area (Å²) in [6.07, 6.45) is -0.416. The Kier molecular flexibility index (Phi) is 5.76. The molecular formula is C8H14N2O4S. The predicted octanol–water partition coefficient (Wildman–Crippen LogP) is -1.00. The lowest BCUT2D eigenvalue weighted by Gasteiger charge is -2.15. The van der Waals surface area contributed by atoms with Crippen molar-refractivity contribution in [3.63, 3.8) is 0 Å². The van der Waals surface area contributed by atoms with E-state index in [0.29, 0.717) is 5.75 Å². The monoisotopic (exact) mass is 234 g/mol. The second kappa shape index (κ2) is 6.28.